The largest absolute Gasteiger partial charge is 0.486 e. The predicted octanol–water partition coefficient (Wildman–Crippen LogP) is 10.4. The molecule has 6 heteroatoms. The van der Waals surface area contributed by atoms with Gasteiger partial charge in [-0.25, -0.2) is 4.98 Å². The summed E-state index contributed by atoms with van der Waals surface area (Å²) >= 11 is 0. The molecular weight excluding hydrogens is 771 g/mol. The zero-order valence-corrected chi connectivity index (χ0v) is 32.9. The Morgan fingerprint density at radius 1 is 0.723 bits per heavy atom. The van der Waals surface area contributed by atoms with Gasteiger partial charge < -0.3 is 14.4 Å². The van der Waals surface area contributed by atoms with Crippen LogP contribution in [-0.4, -0.2) is 23.0 Å². The van der Waals surface area contributed by atoms with Crippen molar-refractivity contribution in [2.24, 2.45) is 10.8 Å². The summed E-state index contributed by atoms with van der Waals surface area (Å²) in [7, 11) is -1.37. The van der Waals surface area contributed by atoms with Crippen molar-refractivity contribution >= 4 is 35.3 Å². The molecule has 4 heterocycles. The summed E-state index contributed by atoms with van der Waals surface area (Å²) in [5, 5.41) is 3.56. The summed E-state index contributed by atoms with van der Waals surface area (Å²) in [6, 6.07) is 27.0. The summed E-state index contributed by atoms with van der Waals surface area (Å²) < 4.78 is 6.03. The molecule has 1 radical (unpaired) electrons. The Morgan fingerprint density at radius 3 is 2.06 bits per heavy atom. The quantitative estimate of drug-likeness (QED) is 0.128. The molecule has 4 aromatic heterocycles. The predicted molar refractivity (Wildman–Crippen MR) is 196 cm³/mol. The summed E-state index contributed by atoms with van der Waals surface area (Å²) in [6.07, 6.45) is 7.91. The molecule has 0 atom stereocenters. The van der Waals surface area contributed by atoms with Gasteiger partial charge in [-0.3, -0.25) is 0 Å². The topological polar surface area (TPSA) is 51.8 Å². The van der Waals surface area contributed by atoms with Gasteiger partial charge >= 0.3 is 0 Å². The number of hydrogen-bond donors (Lipinski definition) is 0. The molecule has 0 fully saturated rings. The third-order valence-electron chi connectivity index (χ3n) is 7.90. The third-order valence-corrected chi connectivity index (χ3v) is 9.97. The van der Waals surface area contributed by atoms with E-state index < -0.39 is 8.07 Å². The molecule has 0 aliphatic carbocycles. The number of pyridine rings is 3. The molecule has 0 unspecified atom stereocenters. The fourth-order valence-electron chi connectivity index (χ4n) is 5.82. The minimum atomic E-state index is -1.37. The van der Waals surface area contributed by atoms with E-state index in [4.69, 9.17) is 9.40 Å². The molecule has 6 rings (SSSR count). The monoisotopic (exact) mass is 818 g/mol. The number of fused-ring (bicyclic) bond motifs is 3. The van der Waals surface area contributed by atoms with Crippen LogP contribution in [0.15, 0.2) is 83.7 Å². The SMILES string of the molecule is CC(C)(C)Cc1cc(-c2[c-]cccc2)ncc1[Si](C)(C)C.Cc1cnc(-c2[c-]ccc3c2oc2ncccc23)cc1CC(C)(C)C.[Ir]. The first-order valence-electron chi connectivity index (χ1n) is 16.2. The van der Waals surface area contributed by atoms with E-state index >= 15 is 0 Å². The minimum absolute atomic E-state index is 0. The zero-order valence-electron chi connectivity index (χ0n) is 29.5. The Hall–Kier alpha value is -3.44. The molecule has 0 saturated heterocycles. The molecule has 2 aromatic carbocycles. The summed E-state index contributed by atoms with van der Waals surface area (Å²) in [4.78, 5) is 13.7. The standard InChI is InChI=1S/C22H21N2O.C19H26NSi.Ir/c1-14-13-24-19(11-15(14)12-22(2,3)4)18-8-5-7-16-17-9-6-10-23-21(17)25-20(16)18;1-19(2,3)13-16-12-17(15-10-8-7-9-11-15)20-14-18(16)21(4,5)6;/h5-7,9-11,13H,12H2,1-4H3;7-10,12,14H,13H2,1-6H3;/q2*-1;. The maximum Gasteiger partial charge on any atom is 0.216 e. The number of aryl methyl sites for hydroxylation is 1. The van der Waals surface area contributed by atoms with Crippen molar-refractivity contribution in [3.63, 3.8) is 0 Å². The van der Waals surface area contributed by atoms with Crippen LogP contribution in [0.1, 0.15) is 58.2 Å². The number of aromatic nitrogens is 3. The molecular formula is C41H47IrN3OSi-2. The van der Waals surface area contributed by atoms with Crippen LogP contribution in [0, 0.1) is 29.9 Å². The second kappa shape index (κ2) is 14.4. The molecule has 0 N–H and O–H groups in total. The summed E-state index contributed by atoms with van der Waals surface area (Å²) in [6.45, 7) is 23.0. The average Bonchev–Trinajstić information content (AvgIpc) is 3.36. The van der Waals surface area contributed by atoms with Crippen LogP contribution in [0.2, 0.25) is 19.6 Å². The molecule has 0 spiro atoms. The Morgan fingerprint density at radius 2 is 1.40 bits per heavy atom. The number of rotatable bonds is 5. The van der Waals surface area contributed by atoms with Crippen LogP contribution in [0.3, 0.4) is 0 Å². The van der Waals surface area contributed by atoms with Crippen LogP contribution >= 0.6 is 0 Å². The average molecular weight is 818 g/mol. The molecule has 6 aromatic rings. The first-order chi connectivity index (χ1) is 21.6. The molecule has 47 heavy (non-hydrogen) atoms. The number of benzene rings is 2. The fourth-order valence-corrected chi connectivity index (χ4v) is 7.40. The summed E-state index contributed by atoms with van der Waals surface area (Å²) in [5.41, 5.74) is 9.87. The maximum absolute atomic E-state index is 6.03. The Labute approximate surface area is 295 Å². The molecule has 0 saturated carbocycles. The van der Waals surface area contributed by atoms with Crippen LogP contribution in [0.25, 0.3) is 44.6 Å². The van der Waals surface area contributed by atoms with E-state index in [9.17, 15) is 0 Å². The van der Waals surface area contributed by atoms with Crippen molar-refractivity contribution in [3.05, 3.63) is 108 Å². The van der Waals surface area contributed by atoms with Crippen molar-refractivity contribution in [3.8, 4) is 22.5 Å². The first-order valence-corrected chi connectivity index (χ1v) is 19.7. The third kappa shape index (κ3) is 9.13. The van der Waals surface area contributed by atoms with Gasteiger partial charge in [0, 0.05) is 44.1 Å². The Kier molecular flexibility index (Phi) is 11.1. The smallest absolute Gasteiger partial charge is 0.216 e. The van der Waals surface area contributed by atoms with E-state index in [0.29, 0.717) is 5.71 Å². The molecule has 247 valence electrons. The molecule has 0 amide bonds. The van der Waals surface area contributed by atoms with Crippen LogP contribution in [-0.2, 0) is 32.9 Å². The van der Waals surface area contributed by atoms with Gasteiger partial charge in [-0.05, 0) is 64.9 Å². The van der Waals surface area contributed by atoms with E-state index in [1.807, 2.05) is 48.7 Å². The van der Waals surface area contributed by atoms with Crippen molar-refractivity contribution < 1.29 is 24.5 Å². The van der Waals surface area contributed by atoms with E-state index in [1.54, 1.807) is 6.20 Å². The van der Waals surface area contributed by atoms with Crippen LogP contribution in [0.4, 0.5) is 0 Å². The van der Waals surface area contributed by atoms with Gasteiger partial charge in [0.05, 0.1) is 13.7 Å². The van der Waals surface area contributed by atoms with Crippen LogP contribution < -0.4 is 5.19 Å². The van der Waals surface area contributed by atoms with E-state index in [0.717, 1.165) is 51.7 Å². The Balaban J connectivity index is 0.000000212. The zero-order chi connectivity index (χ0) is 33.3. The summed E-state index contributed by atoms with van der Waals surface area (Å²) in [5.74, 6) is 0. The van der Waals surface area contributed by atoms with Crippen molar-refractivity contribution in [1.29, 1.82) is 0 Å². The van der Waals surface area contributed by atoms with Crippen molar-refractivity contribution in [2.45, 2.75) is 80.9 Å². The maximum atomic E-state index is 6.03. The van der Waals surface area contributed by atoms with Gasteiger partial charge in [-0.1, -0.05) is 95.4 Å². The number of nitrogens with zero attached hydrogens (tertiary/aromatic N) is 3. The van der Waals surface area contributed by atoms with E-state index in [1.165, 1.54) is 21.9 Å². The molecule has 4 nitrogen and oxygen atoms in total. The molecule has 0 aliphatic heterocycles. The first kappa shape index (κ1) is 36.4. The second-order valence-electron chi connectivity index (χ2n) is 15.8. The molecule has 0 aliphatic rings. The van der Waals surface area contributed by atoms with Gasteiger partial charge in [0.15, 0.2) is 0 Å². The van der Waals surface area contributed by atoms with Crippen LogP contribution in [0.5, 0.6) is 0 Å². The Bertz CT molecular complexity index is 1960. The van der Waals surface area contributed by atoms with Gasteiger partial charge in [-0.2, -0.15) is 0 Å². The number of furan rings is 1. The van der Waals surface area contributed by atoms with Gasteiger partial charge in [-0.15, -0.1) is 54.1 Å². The van der Waals surface area contributed by atoms with Crippen molar-refractivity contribution in [1.82, 2.24) is 15.0 Å². The minimum Gasteiger partial charge on any atom is -0.486 e. The van der Waals surface area contributed by atoms with Gasteiger partial charge in [0.25, 0.3) is 0 Å². The number of hydrogen-bond acceptors (Lipinski definition) is 4. The van der Waals surface area contributed by atoms with E-state index in [2.05, 4.69) is 115 Å². The van der Waals surface area contributed by atoms with Crippen molar-refractivity contribution in [2.75, 3.05) is 0 Å². The molecule has 0 bridgehead atoms. The van der Waals surface area contributed by atoms with E-state index in [-0.39, 0.29) is 30.9 Å². The van der Waals surface area contributed by atoms with Gasteiger partial charge in [0.2, 0.25) is 5.71 Å². The second-order valence-corrected chi connectivity index (χ2v) is 20.8. The fraction of sp³-hybridized carbons (Fsp3) is 0.341. The normalized spacial score (nSPS) is 12.0. The van der Waals surface area contributed by atoms with Gasteiger partial charge in [0.1, 0.15) is 0 Å².